The first kappa shape index (κ1) is 17.0. The second-order valence-electron chi connectivity index (χ2n) is 5.51. The zero-order chi connectivity index (χ0) is 17.0. The van der Waals surface area contributed by atoms with Crippen LogP contribution >= 0.6 is 0 Å². The number of nitrogens with one attached hydrogen (secondary N) is 2. The average Bonchev–Trinajstić information content (AvgIpc) is 2.61. The van der Waals surface area contributed by atoms with Crippen LogP contribution in [0.2, 0.25) is 0 Å². The molecule has 1 atom stereocenters. The van der Waals surface area contributed by atoms with Gasteiger partial charge in [-0.25, -0.2) is 4.39 Å². The SMILES string of the molecule is O=S(=O)(NC(c1cccc(F)c1)c1ccccn1)N1CCNCC1. The van der Waals surface area contributed by atoms with E-state index in [2.05, 4.69) is 15.0 Å². The minimum absolute atomic E-state index is 0.396. The van der Waals surface area contributed by atoms with Crippen molar-refractivity contribution in [1.82, 2.24) is 19.3 Å². The number of hydrogen-bond donors (Lipinski definition) is 2. The summed E-state index contributed by atoms with van der Waals surface area (Å²) in [4.78, 5) is 4.23. The normalized spacial score (nSPS) is 17.5. The molecule has 2 heterocycles. The minimum atomic E-state index is -3.71. The molecule has 1 saturated heterocycles. The molecule has 1 unspecified atom stereocenters. The lowest BCUT2D eigenvalue weighted by molar-refractivity contribution is 0.353. The molecule has 0 radical (unpaired) electrons. The van der Waals surface area contributed by atoms with Crippen LogP contribution in [0, 0.1) is 5.82 Å². The summed E-state index contributed by atoms with van der Waals surface area (Å²) in [6.07, 6.45) is 1.58. The molecular formula is C16H19FN4O2S. The first-order chi connectivity index (χ1) is 11.6. The van der Waals surface area contributed by atoms with Crippen LogP contribution in [0.15, 0.2) is 48.7 Å². The van der Waals surface area contributed by atoms with Crippen LogP contribution in [-0.2, 0) is 10.2 Å². The Bertz CT molecular complexity index is 780. The first-order valence-corrected chi connectivity index (χ1v) is 9.15. The molecule has 1 aromatic heterocycles. The minimum Gasteiger partial charge on any atom is -0.314 e. The van der Waals surface area contributed by atoms with E-state index in [9.17, 15) is 12.8 Å². The van der Waals surface area contributed by atoms with Gasteiger partial charge in [0.15, 0.2) is 0 Å². The number of piperazine rings is 1. The highest BCUT2D eigenvalue weighted by Crippen LogP contribution is 2.22. The molecule has 8 heteroatoms. The van der Waals surface area contributed by atoms with Crippen molar-refractivity contribution in [3.8, 4) is 0 Å². The largest absolute Gasteiger partial charge is 0.314 e. The molecule has 1 aromatic carbocycles. The van der Waals surface area contributed by atoms with Crippen molar-refractivity contribution in [1.29, 1.82) is 0 Å². The molecule has 2 N–H and O–H groups in total. The molecule has 1 aliphatic heterocycles. The molecule has 0 amide bonds. The Morgan fingerprint density at radius 3 is 2.62 bits per heavy atom. The quantitative estimate of drug-likeness (QED) is 0.845. The zero-order valence-electron chi connectivity index (χ0n) is 13.0. The van der Waals surface area contributed by atoms with Crippen molar-refractivity contribution < 1.29 is 12.8 Å². The fourth-order valence-corrected chi connectivity index (χ4v) is 4.01. The summed E-state index contributed by atoms with van der Waals surface area (Å²) in [6.45, 7) is 2.01. The predicted molar refractivity (Wildman–Crippen MR) is 89.0 cm³/mol. The molecule has 3 rings (SSSR count). The Morgan fingerprint density at radius 1 is 1.17 bits per heavy atom. The number of benzene rings is 1. The van der Waals surface area contributed by atoms with E-state index in [0.29, 0.717) is 37.4 Å². The van der Waals surface area contributed by atoms with Gasteiger partial charge in [-0.1, -0.05) is 18.2 Å². The lowest BCUT2D eigenvalue weighted by Crippen LogP contribution is -2.51. The van der Waals surface area contributed by atoms with E-state index < -0.39 is 22.1 Å². The van der Waals surface area contributed by atoms with Gasteiger partial charge in [0.1, 0.15) is 5.82 Å². The van der Waals surface area contributed by atoms with Crippen LogP contribution < -0.4 is 10.0 Å². The van der Waals surface area contributed by atoms with E-state index in [-0.39, 0.29) is 0 Å². The number of nitrogens with zero attached hydrogens (tertiary/aromatic N) is 2. The van der Waals surface area contributed by atoms with Crippen molar-refractivity contribution in [2.75, 3.05) is 26.2 Å². The molecule has 0 saturated carbocycles. The summed E-state index contributed by atoms with van der Waals surface area (Å²) in [5.74, 6) is -0.421. The van der Waals surface area contributed by atoms with Gasteiger partial charge in [0, 0.05) is 32.4 Å². The van der Waals surface area contributed by atoms with Crippen LogP contribution in [0.25, 0.3) is 0 Å². The maximum absolute atomic E-state index is 13.6. The molecule has 1 fully saturated rings. The molecule has 24 heavy (non-hydrogen) atoms. The summed E-state index contributed by atoms with van der Waals surface area (Å²) in [5, 5.41) is 3.12. The molecule has 2 aromatic rings. The number of pyridine rings is 1. The fourth-order valence-electron chi connectivity index (χ4n) is 2.64. The summed E-state index contributed by atoms with van der Waals surface area (Å²) < 4.78 is 43.1. The number of rotatable bonds is 5. The van der Waals surface area contributed by atoms with Crippen LogP contribution in [0.1, 0.15) is 17.3 Å². The van der Waals surface area contributed by atoms with Crippen LogP contribution in [0.4, 0.5) is 4.39 Å². The summed E-state index contributed by atoms with van der Waals surface area (Å²) >= 11 is 0. The molecule has 1 aliphatic rings. The van der Waals surface area contributed by atoms with Crippen LogP contribution in [-0.4, -0.2) is 43.9 Å². The van der Waals surface area contributed by atoms with Gasteiger partial charge in [0.25, 0.3) is 10.2 Å². The predicted octanol–water partition coefficient (Wildman–Crippen LogP) is 1.05. The van der Waals surface area contributed by atoms with Crippen molar-refractivity contribution in [2.45, 2.75) is 6.04 Å². The molecule has 0 aliphatic carbocycles. The smallest absolute Gasteiger partial charge is 0.280 e. The van der Waals surface area contributed by atoms with Crippen molar-refractivity contribution in [2.24, 2.45) is 0 Å². The molecule has 0 spiro atoms. The molecule has 128 valence electrons. The van der Waals surface area contributed by atoms with Gasteiger partial charge in [-0.05, 0) is 29.8 Å². The topological polar surface area (TPSA) is 74.3 Å². The van der Waals surface area contributed by atoms with Gasteiger partial charge in [-0.3, -0.25) is 4.98 Å². The number of aromatic nitrogens is 1. The van der Waals surface area contributed by atoms with Gasteiger partial charge in [0.2, 0.25) is 0 Å². The Kier molecular flexibility index (Phi) is 5.20. The number of hydrogen-bond acceptors (Lipinski definition) is 4. The molecular weight excluding hydrogens is 331 g/mol. The van der Waals surface area contributed by atoms with Gasteiger partial charge in [-0.2, -0.15) is 17.4 Å². The summed E-state index contributed by atoms with van der Waals surface area (Å²) in [7, 11) is -3.71. The monoisotopic (exact) mass is 350 g/mol. The second-order valence-corrected chi connectivity index (χ2v) is 7.22. The standard InChI is InChI=1S/C16H19FN4O2S/c17-14-5-3-4-13(12-14)16(15-6-1-2-7-19-15)20-24(22,23)21-10-8-18-9-11-21/h1-7,12,16,18,20H,8-11H2. The fraction of sp³-hybridized carbons (Fsp3) is 0.312. The van der Waals surface area contributed by atoms with E-state index in [1.807, 2.05) is 0 Å². The van der Waals surface area contributed by atoms with Crippen molar-refractivity contribution >= 4 is 10.2 Å². The van der Waals surface area contributed by atoms with Crippen molar-refractivity contribution in [3.05, 3.63) is 65.7 Å². The van der Waals surface area contributed by atoms with Gasteiger partial charge in [-0.15, -0.1) is 0 Å². The van der Waals surface area contributed by atoms with E-state index in [1.165, 1.54) is 16.4 Å². The summed E-state index contributed by atoms with van der Waals surface area (Å²) in [5.41, 5.74) is 1.02. The number of halogens is 1. The maximum Gasteiger partial charge on any atom is 0.280 e. The van der Waals surface area contributed by atoms with E-state index in [4.69, 9.17) is 0 Å². The van der Waals surface area contributed by atoms with Crippen LogP contribution in [0.5, 0.6) is 0 Å². The van der Waals surface area contributed by atoms with Crippen molar-refractivity contribution in [3.63, 3.8) is 0 Å². The maximum atomic E-state index is 13.6. The van der Waals surface area contributed by atoms with E-state index in [1.54, 1.807) is 36.5 Å². The Hall–Kier alpha value is -1.87. The highest BCUT2D eigenvalue weighted by Gasteiger charge is 2.28. The lowest BCUT2D eigenvalue weighted by atomic mass is 10.0. The highest BCUT2D eigenvalue weighted by atomic mass is 32.2. The Morgan fingerprint density at radius 2 is 1.96 bits per heavy atom. The molecule has 0 bridgehead atoms. The van der Waals surface area contributed by atoms with Gasteiger partial charge >= 0.3 is 0 Å². The zero-order valence-corrected chi connectivity index (χ0v) is 13.8. The highest BCUT2D eigenvalue weighted by molar-refractivity contribution is 7.87. The lowest BCUT2D eigenvalue weighted by Gasteiger charge is -2.29. The first-order valence-electron chi connectivity index (χ1n) is 7.71. The van der Waals surface area contributed by atoms with E-state index >= 15 is 0 Å². The van der Waals surface area contributed by atoms with E-state index in [0.717, 1.165) is 0 Å². The Balaban J connectivity index is 1.93. The van der Waals surface area contributed by atoms with Gasteiger partial charge < -0.3 is 5.32 Å². The second kappa shape index (κ2) is 7.35. The molecule has 6 nitrogen and oxygen atoms in total. The van der Waals surface area contributed by atoms with Gasteiger partial charge in [0.05, 0.1) is 11.7 Å². The third-order valence-corrected chi connectivity index (χ3v) is 5.43. The van der Waals surface area contributed by atoms with Crippen LogP contribution in [0.3, 0.4) is 0 Å². The average molecular weight is 350 g/mol. The summed E-state index contributed by atoms with van der Waals surface area (Å²) in [6, 6.07) is 10.4. The Labute approximate surface area is 140 Å². The third kappa shape index (κ3) is 3.96. The third-order valence-electron chi connectivity index (χ3n) is 3.85.